The number of sulfone groups is 1. The van der Waals surface area contributed by atoms with Gasteiger partial charge in [-0.05, 0) is 56.1 Å². The topological polar surface area (TPSA) is 63.4 Å². The van der Waals surface area contributed by atoms with Crippen LogP contribution in [0.25, 0.3) is 0 Å². The highest BCUT2D eigenvalue weighted by Crippen LogP contribution is 2.25. The molecule has 1 aromatic carbocycles. The van der Waals surface area contributed by atoms with Gasteiger partial charge in [-0.3, -0.25) is 0 Å². The summed E-state index contributed by atoms with van der Waals surface area (Å²) < 4.78 is 25.1. The van der Waals surface area contributed by atoms with Gasteiger partial charge >= 0.3 is 0 Å². The van der Waals surface area contributed by atoms with Crippen LogP contribution in [0.2, 0.25) is 0 Å². The van der Waals surface area contributed by atoms with E-state index in [2.05, 4.69) is 18.7 Å². The SMILES string of the molecule is CC(C)CN1CCC(S(=O)(=O)c2ccc(N)cc2)CC1. The minimum absolute atomic E-state index is 0.255. The summed E-state index contributed by atoms with van der Waals surface area (Å²) in [7, 11) is -3.21. The Bertz CT molecular complexity index is 529. The summed E-state index contributed by atoms with van der Waals surface area (Å²) in [5.74, 6) is 0.625. The van der Waals surface area contributed by atoms with E-state index in [0.717, 1.165) is 32.5 Å². The van der Waals surface area contributed by atoms with Crippen molar-refractivity contribution in [3.63, 3.8) is 0 Å². The fourth-order valence-electron chi connectivity index (χ4n) is 2.77. The van der Waals surface area contributed by atoms with Crippen molar-refractivity contribution in [3.8, 4) is 0 Å². The van der Waals surface area contributed by atoms with E-state index in [-0.39, 0.29) is 5.25 Å². The van der Waals surface area contributed by atoms with Gasteiger partial charge in [0, 0.05) is 12.2 Å². The van der Waals surface area contributed by atoms with Crippen LogP contribution in [-0.2, 0) is 9.84 Å². The number of anilines is 1. The maximum atomic E-state index is 12.6. The first-order valence-corrected chi connectivity index (χ1v) is 8.76. The Kier molecular flexibility index (Phi) is 4.70. The average Bonchev–Trinajstić information content (AvgIpc) is 2.39. The molecule has 1 aliphatic heterocycles. The molecule has 0 aromatic heterocycles. The van der Waals surface area contributed by atoms with Crippen LogP contribution < -0.4 is 5.73 Å². The van der Waals surface area contributed by atoms with E-state index in [9.17, 15) is 8.42 Å². The summed E-state index contributed by atoms with van der Waals surface area (Å²) in [5.41, 5.74) is 6.20. The molecular weight excluding hydrogens is 272 g/mol. The van der Waals surface area contributed by atoms with Gasteiger partial charge < -0.3 is 10.6 Å². The third-order valence-electron chi connectivity index (χ3n) is 3.81. The first-order valence-electron chi connectivity index (χ1n) is 7.21. The number of hydrogen-bond acceptors (Lipinski definition) is 4. The maximum Gasteiger partial charge on any atom is 0.181 e. The van der Waals surface area contributed by atoms with Crippen molar-refractivity contribution in [2.45, 2.75) is 36.8 Å². The second kappa shape index (κ2) is 6.14. The maximum absolute atomic E-state index is 12.6. The van der Waals surface area contributed by atoms with Crippen LogP contribution in [0.15, 0.2) is 29.2 Å². The molecule has 0 radical (unpaired) electrons. The molecule has 0 spiro atoms. The highest BCUT2D eigenvalue weighted by Gasteiger charge is 2.31. The van der Waals surface area contributed by atoms with Gasteiger partial charge in [0.1, 0.15) is 0 Å². The normalized spacial score (nSPS) is 18.6. The molecule has 112 valence electrons. The monoisotopic (exact) mass is 296 g/mol. The van der Waals surface area contributed by atoms with Crippen LogP contribution in [0.4, 0.5) is 5.69 Å². The molecule has 1 aliphatic rings. The quantitative estimate of drug-likeness (QED) is 0.865. The smallest absolute Gasteiger partial charge is 0.181 e. The van der Waals surface area contributed by atoms with E-state index in [1.807, 2.05) is 0 Å². The van der Waals surface area contributed by atoms with Crippen molar-refractivity contribution in [3.05, 3.63) is 24.3 Å². The molecule has 1 aromatic rings. The van der Waals surface area contributed by atoms with Gasteiger partial charge in [-0.1, -0.05) is 13.8 Å². The van der Waals surface area contributed by atoms with Gasteiger partial charge in [0.2, 0.25) is 0 Å². The van der Waals surface area contributed by atoms with Crippen molar-refractivity contribution in [1.29, 1.82) is 0 Å². The summed E-state index contributed by atoms with van der Waals surface area (Å²) in [6.07, 6.45) is 1.44. The van der Waals surface area contributed by atoms with E-state index < -0.39 is 9.84 Å². The van der Waals surface area contributed by atoms with Crippen molar-refractivity contribution >= 4 is 15.5 Å². The second-order valence-electron chi connectivity index (χ2n) is 6.01. The standard InChI is InChI=1S/C15H24N2O2S/c1-12(2)11-17-9-7-15(8-10-17)20(18,19)14-5-3-13(16)4-6-14/h3-6,12,15H,7-11,16H2,1-2H3. The largest absolute Gasteiger partial charge is 0.399 e. The van der Waals surface area contributed by atoms with Crippen LogP contribution >= 0.6 is 0 Å². The number of hydrogen-bond donors (Lipinski definition) is 1. The molecule has 2 N–H and O–H groups in total. The molecular formula is C15H24N2O2S. The molecule has 0 saturated carbocycles. The van der Waals surface area contributed by atoms with Crippen LogP contribution in [0, 0.1) is 5.92 Å². The lowest BCUT2D eigenvalue weighted by Gasteiger charge is -2.32. The van der Waals surface area contributed by atoms with Gasteiger partial charge in [0.05, 0.1) is 10.1 Å². The van der Waals surface area contributed by atoms with Crippen molar-refractivity contribution in [2.75, 3.05) is 25.4 Å². The Morgan fingerprint density at radius 1 is 1.20 bits per heavy atom. The lowest BCUT2D eigenvalue weighted by molar-refractivity contribution is 0.207. The van der Waals surface area contributed by atoms with E-state index in [1.54, 1.807) is 24.3 Å². The van der Waals surface area contributed by atoms with E-state index in [4.69, 9.17) is 5.73 Å². The van der Waals surface area contributed by atoms with Crippen LogP contribution in [0.5, 0.6) is 0 Å². The van der Waals surface area contributed by atoms with Gasteiger partial charge in [-0.15, -0.1) is 0 Å². The molecule has 1 heterocycles. The summed E-state index contributed by atoms with van der Waals surface area (Å²) >= 11 is 0. The zero-order chi connectivity index (χ0) is 14.8. The predicted molar refractivity (Wildman–Crippen MR) is 82.3 cm³/mol. The van der Waals surface area contributed by atoms with E-state index in [0.29, 0.717) is 16.5 Å². The minimum Gasteiger partial charge on any atom is -0.399 e. The Morgan fingerprint density at radius 2 is 1.75 bits per heavy atom. The highest BCUT2D eigenvalue weighted by atomic mass is 32.2. The lowest BCUT2D eigenvalue weighted by Crippen LogP contribution is -2.40. The molecule has 2 rings (SSSR count). The third-order valence-corrected chi connectivity index (χ3v) is 6.08. The Morgan fingerprint density at radius 3 is 2.25 bits per heavy atom. The third kappa shape index (κ3) is 3.52. The second-order valence-corrected chi connectivity index (χ2v) is 8.24. The van der Waals surface area contributed by atoms with Crippen LogP contribution in [-0.4, -0.2) is 38.2 Å². The van der Waals surface area contributed by atoms with Crippen molar-refractivity contribution in [1.82, 2.24) is 4.90 Å². The van der Waals surface area contributed by atoms with Crippen molar-refractivity contribution < 1.29 is 8.42 Å². The molecule has 0 amide bonds. The number of nitrogen functional groups attached to an aromatic ring is 1. The fraction of sp³-hybridized carbons (Fsp3) is 0.600. The van der Waals surface area contributed by atoms with Gasteiger partial charge in [-0.2, -0.15) is 0 Å². The first-order chi connectivity index (χ1) is 9.39. The number of likely N-dealkylation sites (tertiary alicyclic amines) is 1. The highest BCUT2D eigenvalue weighted by molar-refractivity contribution is 7.92. The van der Waals surface area contributed by atoms with Gasteiger partial charge in [0.15, 0.2) is 9.84 Å². The number of nitrogens with zero attached hydrogens (tertiary/aromatic N) is 1. The molecule has 0 bridgehead atoms. The van der Waals surface area contributed by atoms with E-state index in [1.165, 1.54) is 0 Å². The average molecular weight is 296 g/mol. The molecule has 1 saturated heterocycles. The summed E-state index contributed by atoms with van der Waals surface area (Å²) in [6.45, 7) is 7.18. The Hall–Kier alpha value is -1.07. The molecule has 0 atom stereocenters. The van der Waals surface area contributed by atoms with Gasteiger partial charge in [-0.25, -0.2) is 8.42 Å². The molecule has 0 aliphatic carbocycles. The zero-order valence-electron chi connectivity index (χ0n) is 12.2. The lowest BCUT2D eigenvalue weighted by atomic mass is 10.1. The summed E-state index contributed by atoms with van der Waals surface area (Å²) in [4.78, 5) is 2.76. The van der Waals surface area contributed by atoms with E-state index >= 15 is 0 Å². The Balaban J connectivity index is 2.04. The number of piperidine rings is 1. The van der Waals surface area contributed by atoms with Crippen molar-refractivity contribution in [2.24, 2.45) is 5.92 Å². The minimum atomic E-state index is -3.21. The molecule has 1 fully saturated rings. The van der Waals surface area contributed by atoms with Crippen LogP contribution in [0.1, 0.15) is 26.7 Å². The molecule has 20 heavy (non-hydrogen) atoms. The first kappa shape index (κ1) is 15.3. The predicted octanol–water partition coefficient (Wildman–Crippen LogP) is 2.16. The molecule has 5 heteroatoms. The summed E-state index contributed by atoms with van der Waals surface area (Å²) in [5, 5.41) is -0.255. The number of rotatable bonds is 4. The van der Waals surface area contributed by atoms with Crippen LogP contribution in [0.3, 0.4) is 0 Å². The summed E-state index contributed by atoms with van der Waals surface area (Å²) in [6, 6.07) is 6.54. The fourth-order valence-corrected chi connectivity index (χ4v) is 4.50. The van der Waals surface area contributed by atoms with Gasteiger partial charge in [0.25, 0.3) is 0 Å². The number of benzene rings is 1. The Labute approximate surface area is 121 Å². The number of nitrogens with two attached hydrogens (primary N) is 1. The molecule has 4 nitrogen and oxygen atoms in total. The molecule has 0 unspecified atom stereocenters. The zero-order valence-corrected chi connectivity index (χ0v) is 13.1.